The lowest BCUT2D eigenvalue weighted by Gasteiger charge is -2.25. The standard InChI is InChI=1S/C19H22N4O5/c1-11-9-15-7-5-6-8-16(15)22(11)19(25)14(4)28-17(24)10-21-13(3)18(23(26)27)12(2)20-21/h5-8,11,14H,9-10H2,1-4H3/t11-,14+/m0/s1. The van der Waals surface area contributed by atoms with Crippen molar-refractivity contribution < 1.29 is 19.2 Å². The average molecular weight is 386 g/mol. The van der Waals surface area contributed by atoms with Crippen LogP contribution in [0.3, 0.4) is 0 Å². The Morgan fingerprint density at radius 1 is 1.36 bits per heavy atom. The first-order valence-electron chi connectivity index (χ1n) is 8.99. The molecule has 2 aromatic rings. The van der Waals surface area contributed by atoms with Gasteiger partial charge in [0, 0.05) is 11.7 Å². The van der Waals surface area contributed by atoms with Gasteiger partial charge in [0.15, 0.2) is 6.10 Å². The van der Waals surface area contributed by atoms with Crippen molar-refractivity contribution in [1.29, 1.82) is 0 Å². The van der Waals surface area contributed by atoms with Gasteiger partial charge < -0.3 is 9.64 Å². The maximum Gasteiger partial charge on any atom is 0.328 e. The number of fused-ring (bicyclic) bond motifs is 1. The molecule has 1 aromatic heterocycles. The average Bonchev–Trinajstić information content (AvgIpc) is 3.09. The van der Waals surface area contributed by atoms with Crippen LogP contribution in [-0.2, 0) is 27.3 Å². The quantitative estimate of drug-likeness (QED) is 0.443. The number of carbonyl (C=O) groups is 2. The largest absolute Gasteiger partial charge is 0.451 e. The van der Waals surface area contributed by atoms with E-state index < -0.39 is 17.0 Å². The number of benzene rings is 1. The molecule has 148 valence electrons. The molecule has 0 spiro atoms. The van der Waals surface area contributed by atoms with Crippen molar-refractivity contribution in [3.8, 4) is 0 Å². The number of carbonyl (C=O) groups excluding carboxylic acids is 2. The number of amides is 1. The van der Waals surface area contributed by atoms with Gasteiger partial charge in [0.05, 0.1) is 4.92 Å². The summed E-state index contributed by atoms with van der Waals surface area (Å²) in [6, 6.07) is 7.62. The van der Waals surface area contributed by atoms with E-state index >= 15 is 0 Å². The Labute approximate surface area is 162 Å². The summed E-state index contributed by atoms with van der Waals surface area (Å²) in [4.78, 5) is 37.3. The minimum Gasteiger partial charge on any atom is -0.451 e. The molecule has 1 aliphatic rings. The number of aromatic nitrogens is 2. The highest BCUT2D eigenvalue weighted by atomic mass is 16.6. The lowest BCUT2D eigenvalue weighted by Crippen LogP contribution is -2.43. The first kappa shape index (κ1) is 19.5. The molecular formula is C19H22N4O5. The molecule has 2 atom stereocenters. The van der Waals surface area contributed by atoms with E-state index in [0.29, 0.717) is 0 Å². The van der Waals surface area contributed by atoms with Crippen LogP contribution >= 0.6 is 0 Å². The van der Waals surface area contributed by atoms with Crippen LogP contribution in [0.1, 0.15) is 30.8 Å². The number of esters is 1. The molecule has 1 amide bonds. The fraction of sp³-hybridized carbons (Fsp3) is 0.421. The number of nitrogens with zero attached hydrogens (tertiary/aromatic N) is 4. The zero-order valence-corrected chi connectivity index (χ0v) is 16.2. The number of anilines is 1. The number of hydrogen-bond donors (Lipinski definition) is 0. The SMILES string of the molecule is Cc1nn(CC(=O)O[C@H](C)C(=O)N2c3ccccc3C[C@@H]2C)c(C)c1[N+](=O)[O-]. The van der Waals surface area contributed by atoms with E-state index in [9.17, 15) is 19.7 Å². The summed E-state index contributed by atoms with van der Waals surface area (Å²) in [6.45, 7) is 6.19. The molecule has 0 aliphatic carbocycles. The molecule has 2 heterocycles. The van der Waals surface area contributed by atoms with Crippen LogP contribution in [-0.4, -0.2) is 38.7 Å². The Hall–Kier alpha value is -3.23. The van der Waals surface area contributed by atoms with Crippen LogP contribution < -0.4 is 4.90 Å². The number of ether oxygens (including phenoxy) is 1. The molecule has 3 rings (SSSR count). The topological polar surface area (TPSA) is 108 Å². The minimum absolute atomic E-state index is 0.0234. The van der Waals surface area contributed by atoms with Gasteiger partial charge >= 0.3 is 11.7 Å². The molecule has 1 aromatic carbocycles. The van der Waals surface area contributed by atoms with Crippen molar-refractivity contribution in [3.05, 3.63) is 51.3 Å². The van der Waals surface area contributed by atoms with Gasteiger partial charge in [-0.1, -0.05) is 18.2 Å². The van der Waals surface area contributed by atoms with Crippen LogP contribution in [0, 0.1) is 24.0 Å². The molecule has 0 radical (unpaired) electrons. The third-order valence-corrected chi connectivity index (χ3v) is 4.91. The van der Waals surface area contributed by atoms with E-state index in [1.165, 1.54) is 25.5 Å². The van der Waals surface area contributed by atoms with Gasteiger partial charge in [-0.2, -0.15) is 5.10 Å². The summed E-state index contributed by atoms with van der Waals surface area (Å²) in [6.07, 6.45) is -0.231. The maximum absolute atomic E-state index is 12.9. The van der Waals surface area contributed by atoms with Crippen molar-refractivity contribution in [1.82, 2.24) is 9.78 Å². The zero-order valence-electron chi connectivity index (χ0n) is 16.2. The second-order valence-electron chi connectivity index (χ2n) is 6.96. The summed E-state index contributed by atoms with van der Waals surface area (Å²) in [5.74, 6) is -0.980. The number of hydrogen-bond acceptors (Lipinski definition) is 6. The molecule has 0 fully saturated rings. The summed E-state index contributed by atoms with van der Waals surface area (Å²) >= 11 is 0. The Kier molecular flexibility index (Phi) is 5.17. The number of nitro groups is 1. The van der Waals surface area contributed by atoms with Gasteiger partial charge in [0.2, 0.25) is 0 Å². The number of rotatable bonds is 5. The van der Waals surface area contributed by atoms with Crippen LogP contribution in [0.4, 0.5) is 11.4 Å². The summed E-state index contributed by atoms with van der Waals surface area (Å²) in [7, 11) is 0. The van der Waals surface area contributed by atoms with Crippen LogP contribution in [0.25, 0.3) is 0 Å². The Bertz CT molecular complexity index is 952. The lowest BCUT2D eigenvalue weighted by molar-refractivity contribution is -0.386. The minimum atomic E-state index is -0.979. The fourth-order valence-electron chi connectivity index (χ4n) is 3.61. The van der Waals surface area contributed by atoms with Gasteiger partial charge in [-0.05, 0) is 45.7 Å². The van der Waals surface area contributed by atoms with Gasteiger partial charge in [-0.15, -0.1) is 0 Å². The highest BCUT2D eigenvalue weighted by molar-refractivity contribution is 5.99. The molecule has 0 saturated heterocycles. The van der Waals surface area contributed by atoms with Crippen molar-refractivity contribution >= 4 is 23.3 Å². The number of aryl methyl sites for hydroxylation is 1. The maximum atomic E-state index is 12.9. The second kappa shape index (κ2) is 7.41. The van der Waals surface area contributed by atoms with Crippen molar-refractivity contribution in [2.24, 2.45) is 0 Å². The summed E-state index contributed by atoms with van der Waals surface area (Å²) < 4.78 is 6.52. The third kappa shape index (κ3) is 3.47. The summed E-state index contributed by atoms with van der Waals surface area (Å²) in [5.41, 5.74) is 2.27. The van der Waals surface area contributed by atoms with E-state index in [4.69, 9.17) is 4.74 Å². The first-order valence-corrected chi connectivity index (χ1v) is 8.99. The molecule has 28 heavy (non-hydrogen) atoms. The van der Waals surface area contributed by atoms with E-state index in [1.54, 1.807) is 4.90 Å². The highest BCUT2D eigenvalue weighted by Crippen LogP contribution is 2.32. The molecule has 0 N–H and O–H groups in total. The van der Waals surface area contributed by atoms with Crippen LogP contribution in [0.15, 0.2) is 24.3 Å². The van der Waals surface area contributed by atoms with E-state index in [2.05, 4.69) is 5.10 Å². The fourth-order valence-corrected chi connectivity index (χ4v) is 3.61. The van der Waals surface area contributed by atoms with E-state index in [1.807, 2.05) is 31.2 Å². The molecule has 9 heteroatoms. The van der Waals surface area contributed by atoms with Crippen molar-refractivity contribution in [3.63, 3.8) is 0 Å². The molecule has 9 nitrogen and oxygen atoms in total. The predicted octanol–water partition coefficient (Wildman–Crippen LogP) is 2.32. The van der Waals surface area contributed by atoms with Gasteiger partial charge in [0.1, 0.15) is 17.9 Å². The Morgan fingerprint density at radius 3 is 2.68 bits per heavy atom. The van der Waals surface area contributed by atoms with Gasteiger partial charge in [0.25, 0.3) is 5.91 Å². The third-order valence-electron chi connectivity index (χ3n) is 4.91. The van der Waals surface area contributed by atoms with E-state index in [0.717, 1.165) is 17.7 Å². The predicted molar refractivity (Wildman–Crippen MR) is 101 cm³/mol. The monoisotopic (exact) mass is 386 g/mol. The van der Waals surface area contributed by atoms with Gasteiger partial charge in [-0.3, -0.25) is 24.4 Å². The molecule has 0 bridgehead atoms. The van der Waals surface area contributed by atoms with E-state index in [-0.39, 0.29) is 35.6 Å². The highest BCUT2D eigenvalue weighted by Gasteiger charge is 2.34. The Morgan fingerprint density at radius 2 is 2.04 bits per heavy atom. The summed E-state index contributed by atoms with van der Waals surface area (Å²) in [5, 5.41) is 15.1. The Balaban J connectivity index is 1.69. The number of para-hydroxylation sites is 1. The second-order valence-corrected chi connectivity index (χ2v) is 6.96. The van der Waals surface area contributed by atoms with Crippen molar-refractivity contribution in [2.75, 3.05) is 4.90 Å². The van der Waals surface area contributed by atoms with Crippen LogP contribution in [0.2, 0.25) is 0 Å². The molecule has 1 aliphatic heterocycles. The van der Waals surface area contributed by atoms with Gasteiger partial charge in [-0.25, -0.2) is 0 Å². The first-order chi connectivity index (χ1) is 13.2. The zero-order chi connectivity index (χ0) is 20.6. The molecule has 0 saturated carbocycles. The van der Waals surface area contributed by atoms with Crippen LogP contribution in [0.5, 0.6) is 0 Å². The smallest absolute Gasteiger partial charge is 0.328 e. The van der Waals surface area contributed by atoms with Crippen molar-refractivity contribution in [2.45, 2.75) is 52.8 Å². The molecule has 0 unspecified atom stereocenters. The normalized spacial score (nSPS) is 16.6. The lowest BCUT2D eigenvalue weighted by atomic mass is 10.1. The molecular weight excluding hydrogens is 364 g/mol.